The first-order chi connectivity index (χ1) is 20.3. The van der Waals surface area contributed by atoms with Gasteiger partial charge in [0.2, 0.25) is 0 Å². The van der Waals surface area contributed by atoms with Gasteiger partial charge in [0.1, 0.15) is 0 Å². The number of hydrogen-bond donors (Lipinski definition) is 1. The van der Waals surface area contributed by atoms with Crippen molar-refractivity contribution >= 4 is 11.4 Å². The lowest BCUT2D eigenvalue weighted by Crippen LogP contribution is -2.55. The number of fused-ring (bicyclic) bond motifs is 3. The zero-order chi connectivity index (χ0) is 27.0. The van der Waals surface area contributed by atoms with Crippen LogP contribution in [0.2, 0.25) is 0 Å². The van der Waals surface area contributed by atoms with Crippen LogP contribution >= 0.6 is 0 Å². The number of anilines is 2. The van der Waals surface area contributed by atoms with Crippen LogP contribution in [-0.2, 0) is 5.41 Å². The molecule has 1 N–H and O–H groups in total. The quantitative estimate of drug-likeness (QED) is 0.244. The standard InChI is InChI=1S/C40H35N/c1-2-9-28(10-3-1)34-13-5-7-16-39(34)41-33-12-8-11-29(24-33)30-17-18-36-35-14-4-6-15-37(35)40(38(36)25-30)31-20-26-19-27(22-31)23-32(40)21-26/h1-18,24-27,31-32,41H,19-23H2. The molecule has 4 bridgehead atoms. The maximum Gasteiger partial charge on any atom is 0.0463 e. The van der Waals surface area contributed by atoms with E-state index < -0.39 is 0 Å². The molecular formula is C40H35N. The lowest BCUT2D eigenvalue weighted by Gasteiger charge is -2.61. The summed E-state index contributed by atoms with van der Waals surface area (Å²) in [6.07, 6.45) is 7.18. The van der Waals surface area contributed by atoms with E-state index >= 15 is 0 Å². The van der Waals surface area contributed by atoms with Gasteiger partial charge in [-0.05, 0) is 119 Å². The minimum atomic E-state index is 0.208. The van der Waals surface area contributed by atoms with Crippen LogP contribution in [0.4, 0.5) is 11.4 Å². The summed E-state index contributed by atoms with van der Waals surface area (Å²) in [7, 11) is 0. The van der Waals surface area contributed by atoms with E-state index in [0.29, 0.717) is 0 Å². The average molecular weight is 530 g/mol. The molecule has 200 valence electrons. The Kier molecular flexibility index (Phi) is 5.15. The third kappa shape index (κ3) is 3.48. The fourth-order valence-corrected chi connectivity index (χ4v) is 9.73. The molecule has 0 unspecified atom stereocenters. The number of hydrogen-bond acceptors (Lipinski definition) is 1. The Balaban J connectivity index is 1.12. The van der Waals surface area contributed by atoms with Crippen LogP contribution in [0.1, 0.15) is 43.2 Å². The van der Waals surface area contributed by atoms with Gasteiger partial charge in [0, 0.05) is 22.4 Å². The monoisotopic (exact) mass is 529 g/mol. The molecule has 1 heteroatoms. The minimum Gasteiger partial charge on any atom is -0.355 e. The highest BCUT2D eigenvalue weighted by atomic mass is 14.9. The number of rotatable bonds is 4. The predicted octanol–water partition coefficient (Wildman–Crippen LogP) is 10.5. The number of para-hydroxylation sites is 1. The van der Waals surface area contributed by atoms with Crippen molar-refractivity contribution in [1.29, 1.82) is 0 Å². The second-order valence-corrected chi connectivity index (χ2v) is 13.1. The molecule has 0 aliphatic heterocycles. The Morgan fingerprint density at radius 3 is 1.90 bits per heavy atom. The van der Waals surface area contributed by atoms with E-state index in [1.165, 1.54) is 65.5 Å². The van der Waals surface area contributed by atoms with Gasteiger partial charge in [-0.15, -0.1) is 0 Å². The fourth-order valence-electron chi connectivity index (χ4n) is 9.73. The van der Waals surface area contributed by atoms with Gasteiger partial charge in [0.05, 0.1) is 0 Å². The van der Waals surface area contributed by atoms with E-state index in [-0.39, 0.29) is 5.41 Å². The van der Waals surface area contributed by atoms with Crippen molar-refractivity contribution in [3.8, 4) is 33.4 Å². The molecule has 0 amide bonds. The second kappa shape index (κ2) is 8.95. The van der Waals surface area contributed by atoms with Crippen LogP contribution < -0.4 is 5.32 Å². The van der Waals surface area contributed by atoms with Gasteiger partial charge in [-0.1, -0.05) is 97.1 Å². The Labute approximate surface area is 243 Å². The van der Waals surface area contributed by atoms with Crippen LogP contribution in [-0.4, -0.2) is 0 Å². The second-order valence-electron chi connectivity index (χ2n) is 13.1. The molecular weight excluding hydrogens is 494 g/mol. The topological polar surface area (TPSA) is 12.0 Å². The molecule has 4 saturated carbocycles. The Morgan fingerprint density at radius 2 is 1.10 bits per heavy atom. The average Bonchev–Trinajstić information content (AvgIpc) is 3.31. The third-order valence-electron chi connectivity index (χ3n) is 11.0. The van der Waals surface area contributed by atoms with Gasteiger partial charge in [0.25, 0.3) is 0 Å². The van der Waals surface area contributed by atoms with Gasteiger partial charge >= 0.3 is 0 Å². The van der Waals surface area contributed by atoms with Gasteiger partial charge in [-0.25, -0.2) is 0 Å². The van der Waals surface area contributed by atoms with E-state index in [2.05, 4.69) is 127 Å². The largest absolute Gasteiger partial charge is 0.355 e. The molecule has 0 heterocycles. The van der Waals surface area contributed by atoms with E-state index in [0.717, 1.165) is 35.0 Å². The molecule has 5 aromatic carbocycles. The molecule has 5 aromatic rings. The fraction of sp³-hybridized carbons (Fsp3) is 0.250. The highest BCUT2D eigenvalue weighted by Crippen LogP contribution is 2.69. The first-order valence-corrected chi connectivity index (χ1v) is 15.5. The molecule has 5 aliphatic carbocycles. The minimum absolute atomic E-state index is 0.208. The van der Waals surface area contributed by atoms with Crippen molar-refractivity contribution in [2.24, 2.45) is 23.7 Å². The molecule has 5 aliphatic rings. The van der Waals surface area contributed by atoms with Crippen LogP contribution in [0.3, 0.4) is 0 Å². The molecule has 1 spiro atoms. The highest BCUT2D eigenvalue weighted by molar-refractivity contribution is 5.86. The van der Waals surface area contributed by atoms with E-state index in [4.69, 9.17) is 0 Å². The van der Waals surface area contributed by atoms with Gasteiger partial charge in [-0.2, -0.15) is 0 Å². The van der Waals surface area contributed by atoms with Crippen molar-refractivity contribution in [2.75, 3.05) is 5.32 Å². The van der Waals surface area contributed by atoms with E-state index in [9.17, 15) is 0 Å². The molecule has 10 rings (SSSR count). The smallest absolute Gasteiger partial charge is 0.0463 e. The Morgan fingerprint density at radius 1 is 0.463 bits per heavy atom. The molecule has 1 nitrogen and oxygen atoms in total. The summed E-state index contributed by atoms with van der Waals surface area (Å²) >= 11 is 0. The lowest BCUT2D eigenvalue weighted by atomic mass is 9.43. The van der Waals surface area contributed by atoms with Crippen molar-refractivity contribution in [1.82, 2.24) is 0 Å². The Hall–Kier alpha value is -4.10. The van der Waals surface area contributed by atoms with Crippen molar-refractivity contribution in [3.63, 3.8) is 0 Å². The zero-order valence-corrected chi connectivity index (χ0v) is 23.4. The van der Waals surface area contributed by atoms with Gasteiger partial charge < -0.3 is 5.32 Å². The normalized spacial score (nSPS) is 26.6. The molecule has 4 fully saturated rings. The molecule has 0 atom stereocenters. The third-order valence-corrected chi connectivity index (χ3v) is 11.0. The summed E-state index contributed by atoms with van der Waals surface area (Å²) in [5, 5.41) is 3.75. The SMILES string of the molecule is c1ccc(-c2ccccc2Nc2cccc(-c3ccc4c(c3)C3(c5ccccc5-4)C4CC5CC(C4)CC3C5)c2)cc1. The van der Waals surface area contributed by atoms with Crippen molar-refractivity contribution in [3.05, 3.63) is 132 Å². The van der Waals surface area contributed by atoms with Crippen LogP contribution in [0, 0.1) is 23.7 Å². The van der Waals surface area contributed by atoms with Gasteiger partial charge in [0.15, 0.2) is 0 Å². The molecule has 0 saturated heterocycles. The number of benzene rings is 5. The van der Waals surface area contributed by atoms with E-state index in [1.807, 2.05) is 0 Å². The zero-order valence-electron chi connectivity index (χ0n) is 23.4. The first kappa shape index (κ1) is 23.6. The molecule has 0 radical (unpaired) electrons. The summed E-state index contributed by atoms with van der Waals surface area (Å²) in [6.45, 7) is 0. The lowest BCUT2D eigenvalue weighted by molar-refractivity contribution is -0.0399. The van der Waals surface area contributed by atoms with Gasteiger partial charge in [-0.3, -0.25) is 0 Å². The summed E-state index contributed by atoms with van der Waals surface area (Å²) in [6, 6.07) is 45.0. The van der Waals surface area contributed by atoms with E-state index in [1.54, 1.807) is 11.1 Å². The molecule has 0 aromatic heterocycles. The maximum absolute atomic E-state index is 3.75. The van der Waals surface area contributed by atoms with Crippen molar-refractivity contribution in [2.45, 2.75) is 37.5 Å². The first-order valence-electron chi connectivity index (χ1n) is 15.5. The summed E-state index contributed by atoms with van der Waals surface area (Å²) in [4.78, 5) is 0. The summed E-state index contributed by atoms with van der Waals surface area (Å²) < 4.78 is 0. The maximum atomic E-state index is 3.75. The van der Waals surface area contributed by atoms with Crippen LogP contribution in [0.5, 0.6) is 0 Å². The number of nitrogens with one attached hydrogen (secondary N) is 1. The Bertz CT molecular complexity index is 1750. The predicted molar refractivity (Wildman–Crippen MR) is 170 cm³/mol. The summed E-state index contributed by atoms with van der Waals surface area (Å²) in [5.74, 6) is 3.51. The molecule has 41 heavy (non-hydrogen) atoms. The van der Waals surface area contributed by atoms with Crippen molar-refractivity contribution < 1.29 is 0 Å². The van der Waals surface area contributed by atoms with Crippen LogP contribution in [0.15, 0.2) is 121 Å². The highest BCUT2D eigenvalue weighted by Gasteiger charge is 2.61. The van der Waals surface area contributed by atoms with Crippen LogP contribution in [0.25, 0.3) is 33.4 Å². The summed E-state index contributed by atoms with van der Waals surface area (Å²) in [5.41, 5.74) is 13.8.